The summed E-state index contributed by atoms with van der Waals surface area (Å²) in [6.07, 6.45) is 2.78. The first-order valence-electron chi connectivity index (χ1n) is 6.14. The maximum atomic E-state index is 12.4. The van der Waals surface area contributed by atoms with Gasteiger partial charge in [0.2, 0.25) is 10.0 Å². The molecular formula is C12H17NO4S2. The number of piperidine rings is 1. The highest BCUT2D eigenvalue weighted by molar-refractivity contribution is 7.89. The van der Waals surface area contributed by atoms with E-state index in [-0.39, 0.29) is 9.79 Å². The number of hydrogen-bond donors (Lipinski definition) is 1. The summed E-state index contributed by atoms with van der Waals surface area (Å²) in [7, 11) is -3.55. The summed E-state index contributed by atoms with van der Waals surface area (Å²) in [4.78, 5) is 0.246. The van der Waals surface area contributed by atoms with Crippen LogP contribution in [0.5, 0.6) is 0 Å². The van der Waals surface area contributed by atoms with Gasteiger partial charge in [-0.3, -0.25) is 0 Å². The number of aryl methyl sites for hydroxylation is 1. The molecule has 0 amide bonds. The van der Waals surface area contributed by atoms with Gasteiger partial charge < -0.3 is 4.55 Å². The zero-order chi connectivity index (χ0) is 14.0. The van der Waals surface area contributed by atoms with E-state index in [0.717, 1.165) is 19.3 Å². The molecule has 0 spiro atoms. The van der Waals surface area contributed by atoms with E-state index in [0.29, 0.717) is 18.7 Å². The zero-order valence-electron chi connectivity index (χ0n) is 10.7. The Hall–Kier alpha value is -0.760. The number of sulfonamides is 1. The summed E-state index contributed by atoms with van der Waals surface area (Å²) in [5, 5.41) is 0. The number of hydrogen-bond acceptors (Lipinski definition) is 3. The molecule has 106 valence electrons. The third-order valence-corrected chi connectivity index (χ3v) is 6.01. The van der Waals surface area contributed by atoms with Gasteiger partial charge in [0, 0.05) is 13.1 Å². The van der Waals surface area contributed by atoms with E-state index in [4.69, 9.17) is 4.55 Å². The summed E-state index contributed by atoms with van der Waals surface area (Å²) >= 11 is -2.17. The van der Waals surface area contributed by atoms with E-state index < -0.39 is 21.1 Å². The molecule has 1 aliphatic rings. The van der Waals surface area contributed by atoms with Crippen LogP contribution in [-0.2, 0) is 21.1 Å². The van der Waals surface area contributed by atoms with Crippen LogP contribution in [-0.4, -0.2) is 34.6 Å². The fourth-order valence-corrected chi connectivity index (χ4v) is 4.37. The predicted octanol–water partition coefficient (Wildman–Crippen LogP) is 1.75. The second-order valence-electron chi connectivity index (χ2n) is 4.64. The molecule has 0 bridgehead atoms. The van der Waals surface area contributed by atoms with Crippen molar-refractivity contribution < 1.29 is 17.2 Å². The molecule has 0 aliphatic carbocycles. The van der Waals surface area contributed by atoms with Crippen LogP contribution < -0.4 is 0 Å². The maximum Gasteiger partial charge on any atom is 0.243 e. The van der Waals surface area contributed by atoms with Crippen LogP contribution in [0.4, 0.5) is 0 Å². The van der Waals surface area contributed by atoms with Crippen LogP contribution in [0.25, 0.3) is 0 Å². The lowest BCUT2D eigenvalue weighted by molar-refractivity contribution is 0.346. The SMILES string of the molecule is Cc1ccc(S(=O)(=O)N2CCCCC2)cc1S(=O)O. The van der Waals surface area contributed by atoms with Gasteiger partial charge in [0.25, 0.3) is 0 Å². The molecule has 1 atom stereocenters. The van der Waals surface area contributed by atoms with Gasteiger partial charge in [0.15, 0.2) is 11.1 Å². The van der Waals surface area contributed by atoms with Gasteiger partial charge in [0.1, 0.15) is 0 Å². The summed E-state index contributed by atoms with van der Waals surface area (Å²) < 4.78 is 46.6. The first-order valence-corrected chi connectivity index (χ1v) is 8.69. The minimum atomic E-state index is -3.55. The van der Waals surface area contributed by atoms with Crippen LogP contribution >= 0.6 is 0 Å². The molecule has 1 fully saturated rings. The Morgan fingerprint density at radius 3 is 2.42 bits per heavy atom. The van der Waals surface area contributed by atoms with Crippen molar-refractivity contribution in [2.24, 2.45) is 0 Å². The normalized spacial score (nSPS) is 19.3. The molecule has 1 N–H and O–H groups in total. The maximum absolute atomic E-state index is 12.4. The van der Waals surface area contributed by atoms with Crippen LogP contribution in [0, 0.1) is 6.92 Å². The van der Waals surface area contributed by atoms with E-state index in [1.807, 2.05) is 0 Å². The monoisotopic (exact) mass is 303 g/mol. The molecule has 2 rings (SSSR count). The predicted molar refractivity (Wildman–Crippen MR) is 72.8 cm³/mol. The Bertz CT molecular complexity index is 592. The molecule has 1 aliphatic heterocycles. The van der Waals surface area contributed by atoms with Gasteiger partial charge in [0.05, 0.1) is 9.79 Å². The number of benzene rings is 1. The summed E-state index contributed by atoms with van der Waals surface area (Å²) in [6, 6.07) is 4.37. The lowest BCUT2D eigenvalue weighted by Crippen LogP contribution is -2.35. The molecule has 1 saturated heterocycles. The first-order chi connectivity index (χ1) is 8.93. The summed E-state index contributed by atoms with van der Waals surface area (Å²) in [6.45, 7) is 2.72. The van der Waals surface area contributed by atoms with Crippen molar-refractivity contribution in [2.75, 3.05) is 13.1 Å². The van der Waals surface area contributed by atoms with Gasteiger partial charge in [-0.15, -0.1) is 0 Å². The number of nitrogens with zero attached hydrogens (tertiary/aromatic N) is 1. The average Bonchev–Trinajstić information content (AvgIpc) is 2.39. The first kappa shape index (κ1) is 14.6. The van der Waals surface area contributed by atoms with Crippen molar-refractivity contribution in [3.8, 4) is 0 Å². The Kier molecular flexibility index (Phi) is 4.39. The van der Waals surface area contributed by atoms with E-state index in [9.17, 15) is 12.6 Å². The Morgan fingerprint density at radius 2 is 1.84 bits per heavy atom. The lowest BCUT2D eigenvalue weighted by Gasteiger charge is -2.26. The van der Waals surface area contributed by atoms with E-state index in [2.05, 4.69) is 0 Å². The lowest BCUT2D eigenvalue weighted by atomic mass is 10.2. The molecule has 0 aromatic heterocycles. The number of rotatable bonds is 3. The fourth-order valence-electron chi connectivity index (χ4n) is 2.18. The summed E-state index contributed by atoms with van der Waals surface area (Å²) in [5.41, 5.74) is 0.610. The molecule has 1 aromatic rings. The molecule has 1 unspecified atom stereocenters. The van der Waals surface area contributed by atoms with Crippen molar-refractivity contribution in [3.63, 3.8) is 0 Å². The summed E-state index contributed by atoms with van der Waals surface area (Å²) in [5.74, 6) is 0. The van der Waals surface area contributed by atoms with E-state index >= 15 is 0 Å². The standard InChI is InChI=1S/C12H17NO4S2/c1-10-5-6-11(9-12(10)18(14)15)19(16,17)13-7-3-2-4-8-13/h5-6,9H,2-4,7-8H2,1H3,(H,14,15). The fraction of sp³-hybridized carbons (Fsp3) is 0.500. The van der Waals surface area contributed by atoms with Gasteiger partial charge >= 0.3 is 0 Å². The third kappa shape index (κ3) is 3.05. The topological polar surface area (TPSA) is 74.7 Å². The van der Waals surface area contributed by atoms with Gasteiger partial charge in [-0.1, -0.05) is 12.5 Å². The van der Waals surface area contributed by atoms with Crippen molar-refractivity contribution in [1.29, 1.82) is 0 Å². The quantitative estimate of drug-likeness (QED) is 0.863. The Morgan fingerprint density at radius 1 is 1.21 bits per heavy atom. The highest BCUT2D eigenvalue weighted by atomic mass is 32.2. The van der Waals surface area contributed by atoms with Gasteiger partial charge in [-0.2, -0.15) is 4.31 Å². The Labute approximate surface area is 116 Å². The highest BCUT2D eigenvalue weighted by Crippen LogP contribution is 2.23. The van der Waals surface area contributed by atoms with E-state index in [1.54, 1.807) is 13.0 Å². The largest absolute Gasteiger partial charge is 0.302 e. The smallest absolute Gasteiger partial charge is 0.243 e. The molecule has 1 heterocycles. The minimum absolute atomic E-state index is 0.0948. The van der Waals surface area contributed by atoms with Crippen LogP contribution in [0.15, 0.2) is 28.0 Å². The molecule has 0 radical (unpaired) electrons. The second kappa shape index (κ2) is 5.70. The zero-order valence-corrected chi connectivity index (χ0v) is 12.3. The molecule has 0 saturated carbocycles. The van der Waals surface area contributed by atoms with Crippen LogP contribution in [0.1, 0.15) is 24.8 Å². The Balaban J connectivity index is 2.40. The van der Waals surface area contributed by atoms with Crippen LogP contribution in [0.3, 0.4) is 0 Å². The van der Waals surface area contributed by atoms with Crippen molar-refractivity contribution in [2.45, 2.75) is 36.0 Å². The average molecular weight is 303 g/mol. The highest BCUT2D eigenvalue weighted by Gasteiger charge is 2.26. The third-order valence-electron chi connectivity index (χ3n) is 3.30. The van der Waals surface area contributed by atoms with Gasteiger partial charge in [-0.05, 0) is 37.5 Å². The minimum Gasteiger partial charge on any atom is -0.302 e. The molecule has 7 heteroatoms. The van der Waals surface area contributed by atoms with Crippen molar-refractivity contribution in [3.05, 3.63) is 23.8 Å². The van der Waals surface area contributed by atoms with E-state index in [1.165, 1.54) is 16.4 Å². The van der Waals surface area contributed by atoms with Crippen LogP contribution in [0.2, 0.25) is 0 Å². The second-order valence-corrected chi connectivity index (χ2v) is 7.52. The van der Waals surface area contributed by atoms with Crippen molar-refractivity contribution in [1.82, 2.24) is 4.31 Å². The molecule has 19 heavy (non-hydrogen) atoms. The molecular weight excluding hydrogens is 286 g/mol. The van der Waals surface area contributed by atoms with Crippen molar-refractivity contribution >= 4 is 21.1 Å². The molecule has 5 nitrogen and oxygen atoms in total. The molecule has 1 aromatic carbocycles. The van der Waals surface area contributed by atoms with Gasteiger partial charge in [-0.25, -0.2) is 12.6 Å².